The van der Waals surface area contributed by atoms with Gasteiger partial charge in [0.2, 0.25) is 15.9 Å². The summed E-state index contributed by atoms with van der Waals surface area (Å²) in [6.45, 7) is 2.12. The maximum atomic E-state index is 14.5. The molecule has 1 aromatic heterocycles. The molecule has 1 aliphatic rings. The molecule has 2 N–H and O–H groups in total. The number of nitrogens with one attached hydrogen (secondary N) is 2. The zero-order valence-electron chi connectivity index (χ0n) is 22.2. The summed E-state index contributed by atoms with van der Waals surface area (Å²) in [5, 5.41) is 2.51. The van der Waals surface area contributed by atoms with E-state index >= 15 is 0 Å². The number of sulfonamides is 1. The third kappa shape index (κ3) is 8.68. The fourth-order valence-electron chi connectivity index (χ4n) is 4.20. The monoisotopic (exact) mass is 596 g/mol. The van der Waals surface area contributed by atoms with E-state index in [1.54, 1.807) is 11.8 Å². The molecule has 1 fully saturated rings. The number of carbonyl (C=O) groups is 2. The number of piperidine rings is 1. The zero-order chi connectivity index (χ0) is 30.4. The molecular formula is C27H28F4N4O5S. The summed E-state index contributed by atoms with van der Waals surface area (Å²) in [6.07, 6.45) is 4.93. The van der Waals surface area contributed by atoms with Gasteiger partial charge in [0, 0.05) is 31.3 Å². The van der Waals surface area contributed by atoms with Crippen molar-refractivity contribution in [1.29, 1.82) is 0 Å². The molecule has 0 spiro atoms. The Morgan fingerprint density at radius 3 is 2.66 bits per heavy atom. The number of halogens is 4. The fourth-order valence-corrected chi connectivity index (χ4v) is 4.78. The van der Waals surface area contributed by atoms with Crippen LogP contribution in [0.25, 0.3) is 6.08 Å². The molecule has 14 heteroatoms. The van der Waals surface area contributed by atoms with Crippen molar-refractivity contribution in [1.82, 2.24) is 10.3 Å². The van der Waals surface area contributed by atoms with Crippen LogP contribution in [0, 0.1) is 24.1 Å². The van der Waals surface area contributed by atoms with Crippen LogP contribution in [0.4, 0.5) is 29.1 Å². The van der Waals surface area contributed by atoms with Gasteiger partial charge >= 0.3 is 12.1 Å². The summed E-state index contributed by atoms with van der Waals surface area (Å²) < 4.78 is 84.8. The van der Waals surface area contributed by atoms with Crippen molar-refractivity contribution in [3.63, 3.8) is 0 Å². The van der Waals surface area contributed by atoms with Crippen LogP contribution in [0.3, 0.4) is 0 Å². The molecule has 0 bridgehead atoms. The van der Waals surface area contributed by atoms with Crippen LogP contribution >= 0.6 is 0 Å². The van der Waals surface area contributed by atoms with E-state index in [1.165, 1.54) is 18.2 Å². The summed E-state index contributed by atoms with van der Waals surface area (Å²) in [4.78, 5) is 30.1. The molecule has 0 aliphatic carbocycles. The predicted octanol–water partition coefficient (Wildman–Crippen LogP) is 3.70. The van der Waals surface area contributed by atoms with Gasteiger partial charge in [-0.05, 0) is 55.7 Å². The number of rotatable bonds is 9. The number of hydrogen-bond donors (Lipinski definition) is 2. The molecule has 1 aliphatic heterocycles. The van der Waals surface area contributed by atoms with Crippen LogP contribution in [0.2, 0.25) is 0 Å². The highest BCUT2D eigenvalue weighted by Crippen LogP contribution is 2.33. The molecule has 1 amide bonds. The van der Waals surface area contributed by atoms with E-state index in [2.05, 4.69) is 16.2 Å². The molecular weight excluding hydrogens is 568 g/mol. The molecule has 1 unspecified atom stereocenters. The van der Waals surface area contributed by atoms with Crippen molar-refractivity contribution < 1.29 is 40.3 Å². The van der Waals surface area contributed by atoms with E-state index < -0.39 is 51.2 Å². The molecule has 41 heavy (non-hydrogen) atoms. The lowest BCUT2D eigenvalue weighted by Crippen LogP contribution is -2.40. The number of terminal acetylenes is 1. The molecule has 220 valence electrons. The Balaban J connectivity index is 1.80. The Morgan fingerprint density at radius 1 is 1.29 bits per heavy atom. The summed E-state index contributed by atoms with van der Waals surface area (Å²) in [6, 6.07) is 4.32. The highest BCUT2D eigenvalue weighted by atomic mass is 32.2. The van der Waals surface area contributed by atoms with E-state index in [4.69, 9.17) is 11.2 Å². The molecule has 1 aromatic carbocycles. The molecule has 2 heterocycles. The Bertz CT molecular complexity index is 1490. The van der Waals surface area contributed by atoms with Crippen LogP contribution in [0.5, 0.6) is 0 Å². The first kappa shape index (κ1) is 31.4. The Labute approximate surface area is 235 Å². The van der Waals surface area contributed by atoms with E-state index in [9.17, 15) is 35.6 Å². The van der Waals surface area contributed by atoms with Crippen LogP contribution < -0.4 is 14.9 Å². The van der Waals surface area contributed by atoms with Crippen molar-refractivity contribution >= 4 is 39.5 Å². The van der Waals surface area contributed by atoms with Crippen LogP contribution in [-0.2, 0) is 37.1 Å². The number of carbonyl (C=O) groups excluding carboxylic acids is 2. The van der Waals surface area contributed by atoms with Gasteiger partial charge in [-0.15, -0.1) is 6.42 Å². The Morgan fingerprint density at radius 2 is 2.02 bits per heavy atom. The largest absolute Gasteiger partial charge is 0.466 e. The minimum absolute atomic E-state index is 0.0347. The van der Waals surface area contributed by atoms with Gasteiger partial charge in [-0.3, -0.25) is 14.3 Å². The Kier molecular flexibility index (Phi) is 9.98. The molecule has 1 saturated heterocycles. The van der Waals surface area contributed by atoms with Crippen LogP contribution in [-0.4, -0.2) is 51.2 Å². The van der Waals surface area contributed by atoms with Gasteiger partial charge in [0.1, 0.15) is 17.3 Å². The second-order valence-corrected chi connectivity index (χ2v) is 11.0. The van der Waals surface area contributed by atoms with Gasteiger partial charge in [0.05, 0.1) is 30.0 Å². The number of amides is 1. The normalized spacial score (nSPS) is 15.8. The third-order valence-electron chi connectivity index (χ3n) is 6.01. The number of pyridine rings is 1. The van der Waals surface area contributed by atoms with Crippen molar-refractivity contribution in [2.45, 2.75) is 32.5 Å². The number of esters is 1. The van der Waals surface area contributed by atoms with Gasteiger partial charge in [0.15, 0.2) is 0 Å². The van der Waals surface area contributed by atoms with Crippen LogP contribution in [0.15, 0.2) is 30.3 Å². The van der Waals surface area contributed by atoms with Crippen molar-refractivity contribution in [3.05, 3.63) is 58.5 Å². The number of ether oxygens (including phenoxy) is 1. The molecule has 9 nitrogen and oxygen atoms in total. The fraction of sp³-hybridized carbons (Fsp3) is 0.370. The lowest BCUT2D eigenvalue weighted by atomic mass is 9.97. The van der Waals surface area contributed by atoms with E-state index in [-0.39, 0.29) is 42.2 Å². The SMILES string of the molecule is C#Cc1cc(CNC(=O)C=Cc2ccc(C(F)(F)F)nc2N2CCCC(C(=O)OCC)C2)cc(F)c1NS(C)(=O)=O. The lowest BCUT2D eigenvalue weighted by Gasteiger charge is -2.33. The first-order valence-electron chi connectivity index (χ1n) is 12.4. The van der Waals surface area contributed by atoms with E-state index in [0.29, 0.717) is 19.4 Å². The third-order valence-corrected chi connectivity index (χ3v) is 6.59. The number of benzene rings is 1. The lowest BCUT2D eigenvalue weighted by molar-refractivity contribution is -0.148. The van der Waals surface area contributed by atoms with Gasteiger partial charge in [-0.2, -0.15) is 13.2 Å². The topological polar surface area (TPSA) is 118 Å². The Hall–Kier alpha value is -4.12. The van der Waals surface area contributed by atoms with Crippen molar-refractivity contribution in [3.8, 4) is 12.3 Å². The van der Waals surface area contributed by atoms with Gasteiger partial charge in [-0.25, -0.2) is 17.8 Å². The molecule has 3 rings (SSSR count). The summed E-state index contributed by atoms with van der Waals surface area (Å²) in [5.41, 5.74) is -1.12. The van der Waals surface area contributed by atoms with E-state index in [1.807, 2.05) is 4.72 Å². The van der Waals surface area contributed by atoms with Crippen LogP contribution in [0.1, 0.15) is 42.1 Å². The minimum atomic E-state index is -4.70. The zero-order valence-corrected chi connectivity index (χ0v) is 23.0. The number of hydrogen-bond acceptors (Lipinski definition) is 7. The number of aromatic nitrogens is 1. The average molecular weight is 597 g/mol. The summed E-state index contributed by atoms with van der Waals surface area (Å²) in [5.74, 6) is -0.409. The minimum Gasteiger partial charge on any atom is -0.466 e. The quantitative estimate of drug-likeness (QED) is 0.196. The van der Waals surface area contributed by atoms with Crippen molar-refractivity contribution in [2.24, 2.45) is 5.92 Å². The smallest absolute Gasteiger partial charge is 0.433 e. The second kappa shape index (κ2) is 13.0. The average Bonchev–Trinajstić information content (AvgIpc) is 2.90. The number of nitrogens with zero attached hydrogens (tertiary/aromatic N) is 2. The first-order valence-corrected chi connectivity index (χ1v) is 14.3. The number of anilines is 2. The summed E-state index contributed by atoms with van der Waals surface area (Å²) in [7, 11) is -3.80. The number of alkyl halides is 3. The highest BCUT2D eigenvalue weighted by Gasteiger charge is 2.35. The first-order chi connectivity index (χ1) is 19.2. The van der Waals surface area contributed by atoms with E-state index in [0.717, 1.165) is 24.5 Å². The van der Waals surface area contributed by atoms with Gasteiger partial charge in [0.25, 0.3) is 0 Å². The molecule has 1 atom stereocenters. The predicted molar refractivity (Wildman–Crippen MR) is 144 cm³/mol. The molecule has 0 saturated carbocycles. The molecule has 2 aromatic rings. The van der Waals surface area contributed by atoms with Crippen molar-refractivity contribution in [2.75, 3.05) is 35.6 Å². The maximum Gasteiger partial charge on any atom is 0.433 e. The highest BCUT2D eigenvalue weighted by molar-refractivity contribution is 7.92. The maximum absolute atomic E-state index is 14.5. The van der Waals surface area contributed by atoms with Gasteiger partial charge < -0.3 is 15.0 Å². The second-order valence-electron chi connectivity index (χ2n) is 9.21. The summed E-state index contributed by atoms with van der Waals surface area (Å²) >= 11 is 0. The van der Waals surface area contributed by atoms with Gasteiger partial charge in [-0.1, -0.05) is 5.92 Å². The molecule has 0 radical (unpaired) electrons. The standard InChI is InChI=1S/C27H28F4N4O5S/c1-4-18-13-17(14-21(28)24(18)34-41(3,38)39)15-32-23(36)11-9-19-8-10-22(27(29,30)31)33-25(19)35-12-6-7-20(16-35)26(37)40-5-2/h1,8-11,13-14,20,34H,5-7,12,15-16H2,2-3H3,(H,32,36).